The largest absolute Gasteiger partial charge is 0.348 e. The average Bonchev–Trinajstić information content (AvgIpc) is 2.47. The highest BCUT2D eigenvalue weighted by Crippen LogP contribution is 2.17. The molecule has 0 aliphatic carbocycles. The minimum Gasteiger partial charge on any atom is -0.348 e. The van der Waals surface area contributed by atoms with Crippen molar-refractivity contribution in [2.24, 2.45) is 0 Å². The van der Waals surface area contributed by atoms with E-state index in [-0.39, 0.29) is 17.0 Å². The number of halogens is 2. The number of rotatable bonds is 4. The van der Waals surface area contributed by atoms with Crippen LogP contribution in [-0.2, 0) is 16.4 Å². The average molecular weight is 400 g/mol. The van der Waals surface area contributed by atoms with E-state index in [2.05, 4.69) is 21.2 Å². The van der Waals surface area contributed by atoms with Gasteiger partial charge in [-0.1, -0.05) is 22.0 Å². The van der Waals surface area contributed by atoms with E-state index in [9.17, 15) is 17.6 Å². The third-order valence-corrected chi connectivity index (χ3v) is 4.93. The van der Waals surface area contributed by atoms with Crippen LogP contribution in [0.5, 0.6) is 0 Å². The van der Waals surface area contributed by atoms with Crippen LogP contribution in [0.25, 0.3) is 0 Å². The summed E-state index contributed by atoms with van der Waals surface area (Å²) >= 11 is 3.25. The number of sulfone groups is 1. The Kier molecular flexibility index (Phi) is 5.21. The Labute approximate surface area is 142 Å². The minimum absolute atomic E-state index is 0.00660. The SMILES string of the molecule is Cc1ccc(S(C)(=O)=O)cc1C(=O)NCc1cc(Br)ccc1F. The third kappa shape index (κ3) is 4.39. The van der Waals surface area contributed by atoms with Gasteiger partial charge in [-0.15, -0.1) is 0 Å². The van der Waals surface area contributed by atoms with Crippen molar-refractivity contribution >= 4 is 31.7 Å². The zero-order valence-corrected chi connectivity index (χ0v) is 15.0. The van der Waals surface area contributed by atoms with Gasteiger partial charge in [0.25, 0.3) is 5.91 Å². The third-order valence-electron chi connectivity index (χ3n) is 3.33. The molecule has 2 aromatic carbocycles. The molecular weight excluding hydrogens is 385 g/mol. The van der Waals surface area contributed by atoms with Crippen LogP contribution >= 0.6 is 15.9 Å². The lowest BCUT2D eigenvalue weighted by Gasteiger charge is -2.10. The van der Waals surface area contributed by atoms with E-state index in [0.717, 1.165) is 6.26 Å². The highest BCUT2D eigenvalue weighted by molar-refractivity contribution is 9.10. The van der Waals surface area contributed by atoms with Crippen molar-refractivity contribution in [1.82, 2.24) is 5.32 Å². The fourth-order valence-electron chi connectivity index (χ4n) is 2.03. The summed E-state index contributed by atoms with van der Waals surface area (Å²) in [6, 6.07) is 8.81. The highest BCUT2D eigenvalue weighted by Gasteiger charge is 2.15. The number of amides is 1. The molecule has 0 unspecified atom stereocenters. The quantitative estimate of drug-likeness (QED) is 0.857. The van der Waals surface area contributed by atoms with Crippen LogP contribution < -0.4 is 5.32 Å². The second-order valence-electron chi connectivity index (χ2n) is 5.17. The molecule has 0 bridgehead atoms. The second-order valence-corrected chi connectivity index (χ2v) is 8.10. The van der Waals surface area contributed by atoms with Crippen LogP contribution in [0, 0.1) is 12.7 Å². The summed E-state index contributed by atoms with van der Waals surface area (Å²) in [5.74, 6) is -0.873. The van der Waals surface area contributed by atoms with Gasteiger partial charge >= 0.3 is 0 Å². The molecule has 23 heavy (non-hydrogen) atoms. The predicted molar refractivity (Wildman–Crippen MR) is 89.6 cm³/mol. The Morgan fingerprint density at radius 2 is 1.91 bits per heavy atom. The van der Waals surface area contributed by atoms with Gasteiger partial charge < -0.3 is 5.32 Å². The van der Waals surface area contributed by atoms with Crippen molar-refractivity contribution in [2.75, 3.05) is 6.26 Å². The van der Waals surface area contributed by atoms with Crippen LogP contribution in [0.3, 0.4) is 0 Å². The fraction of sp³-hybridized carbons (Fsp3) is 0.188. The maximum absolute atomic E-state index is 13.7. The van der Waals surface area contributed by atoms with Crippen molar-refractivity contribution in [2.45, 2.75) is 18.4 Å². The summed E-state index contributed by atoms with van der Waals surface area (Å²) in [4.78, 5) is 12.3. The van der Waals surface area contributed by atoms with Crippen molar-refractivity contribution in [3.63, 3.8) is 0 Å². The van der Waals surface area contributed by atoms with Gasteiger partial charge in [-0.05, 0) is 42.8 Å². The van der Waals surface area contributed by atoms with Gasteiger partial charge in [0.05, 0.1) is 4.90 Å². The fourth-order valence-corrected chi connectivity index (χ4v) is 3.08. The van der Waals surface area contributed by atoms with Gasteiger partial charge in [0, 0.05) is 28.4 Å². The zero-order chi connectivity index (χ0) is 17.2. The summed E-state index contributed by atoms with van der Waals surface area (Å²) in [6.07, 6.45) is 1.08. The normalized spacial score (nSPS) is 11.3. The molecular formula is C16H15BrFNO3S. The predicted octanol–water partition coefficient (Wildman–Crippen LogP) is 3.23. The van der Waals surface area contributed by atoms with Gasteiger partial charge in [-0.3, -0.25) is 4.79 Å². The first-order valence-electron chi connectivity index (χ1n) is 6.71. The maximum Gasteiger partial charge on any atom is 0.251 e. The van der Waals surface area contributed by atoms with Crippen LogP contribution in [0.1, 0.15) is 21.5 Å². The van der Waals surface area contributed by atoms with Gasteiger partial charge in [0.15, 0.2) is 9.84 Å². The smallest absolute Gasteiger partial charge is 0.251 e. The molecule has 7 heteroatoms. The number of nitrogens with one attached hydrogen (secondary N) is 1. The van der Waals surface area contributed by atoms with Crippen LogP contribution in [0.2, 0.25) is 0 Å². The first kappa shape index (κ1) is 17.6. The molecule has 0 radical (unpaired) electrons. The molecule has 2 aromatic rings. The van der Waals surface area contributed by atoms with Crippen LogP contribution in [-0.4, -0.2) is 20.6 Å². The number of carbonyl (C=O) groups is 1. The van der Waals surface area contributed by atoms with Gasteiger partial charge in [-0.25, -0.2) is 12.8 Å². The molecule has 0 fully saturated rings. The van der Waals surface area contributed by atoms with Crippen molar-refractivity contribution in [3.05, 3.63) is 63.4 Å². The summed E-state index contributed by atoms with van der Waals surface area (Å²) in [7, 11) is -3.40. The second kappa shape index (κ2) is 6.80. The Morgan fingerprint density at radius 1 is 1.22 bits per heavy atom. The lowest BCUT2D eigenvalue weighted by atomic mass is 10.1. The summed E-state index contributed by atoms with van der Waals surface area (Å²) in [6.45, 7) is 1.72. The van der Waals surface area contributed by atoms with Crippen molar-refractivity contribution in [3.8, 4) is 0 Å². The molecule has 0 atom stereocenters. The Hall–Kier alpha value is -1.73. The Morgan fingerprint density at radius 3 is 2.57 bits per heavy atom. The molecule has 0 aliphatic rings. The van der Waals surface area contributed by atoms with E-state index >= 15 is 0 Å². The topological polar surface area (TPSA) is 63.2 Å². The number of hydrogen-bond acceptors (Lipinski definition) is 3. The molecule has 2 rings (SSSR count). The molecule has 0 spiro atoms. The lowest BCUT2D eigenvalue weighted by molar-refractivity contribution is 0.0949. The Balaban J connectivity index is 2.22. The van der Waals surface area contributed by atoms with Gasteiger partial charge in [0.1, 0.15) is 5.82 Å². The Bertz CT molecular complexity index is 866. The molecule has 0 aromatic heterocycles. The first-order chi connectivity index (χ1) is 10.7. The zero-order valence-electron chi connectivity index (χ0n) is 12.6. The first-order valence-corrected chi connectivity index (χ1v) is 9.40. The highest BCUT2D eigenvalue weighted by atomic mass is 79.9. The van der Waals surface area contributed by atoms with Crippen LogP contribution in [0.4, 0.5) is 4.39 Å². The molecule has 0 aliphatic heterocycles. The van der Waals surface area contributed by atoms with E-state index in [1.807, 2.05) is 0 Å². The summed E-state index contributed by atoms with van der Waals surface area (Å²) in [5.41, 5.74) is 1.23. The molecule has 122 valence electrons. The molecule has 1 N–H and O–H groups in total. The van der Waals surface area contributed by atoms with Gasteiger partial charge in [0.2, 0.25) is 0 Å². The van der Waals surface area contributed by atoms with Crippen molar-refractivity contribution < 1.29 is 17.6 Å². The van der Waals surface area contributed by atoms with Crippen LogP contribution in [0.15, 0.2) is 45.8 Å². The lowest BCUT2D eigenvalue weighted by Crippen LogP contribution is -2.24. The summed E-state index contributed by atoms with van der Waals surface area (Å²) < 4.78 is 37.6. The van der Waals surface area contributed by atoms with E-state index in [0.29, 0.717) is 15.6 Å². The molecule has 0 saturated heterocycles. The maximum atomic E-state index is 13.7. The minimum atomic E-state index is -3.40. The molecule has 4 nitrogen and oxygen atoms in total. The van der Waals surface area contributed by atoms with Gasteiger partial charge in [-0.2, -0.15) is 0 Å². The number of benzene rings is 2. The standard InChI is InChI=1S/C16H15BrFNO3S/c1-10-3-5-13(23(2,21)22)8-14(10)16(20)19-9-11-7-12(17)4-6-15(11)18/h3-8H,9H2,1-2H3,(H,19,20). The number of hydrogen-bond donors (Lipinski definition) is 1. The monoisotopic (exact) mass is 399 g/mol. The van der Waals surface area contributed by atoms with E-state index in [1.54, 1.807) is 25.1 Å². The molecule has 1 amide bonds. The van der Waals surface area contributed by atoms with E-state index < -0.39 is 21.6 Å². The van der Waals surface area contributed by atoms with E-state index in [4.69, 9.17) is 0 Å². The number of aryl methyl sites for hydroxylation is 1. The van der Waals surface area contributed by atoms with Crippen molar-refractivity contribution in [1.29, 1.82) is 0 Å². The molecule has 0 heterocycles. The van der Waals surface area contributed by atoms with E-state index in [1.165, 1.54) is 18.2 Å². The number of carbonyl (C=O) groups excluding carboxylic acids is 1. The summed E-state index contributed by atoms with van der Waals surface area (Å²) in [5, 5.41) is 2.61. The molecule has 0 saturated carbocycles.